The highest BCUT2D eigenvalue weighted by atomic mass is 32.2. The fourth-order valence-electron chi connectivity index (χ4n) is 1.84. The number of sulfonamides is 1. The van der Waals surface area contributed by atoms with Crippen molar-refractivity contribution in [3.05, 3.63) is 48.0 Å². The van der Waals surface area contributed by atoms with Gasteiger partial charge in [0.05, 0.1) is 12.0 Å². The van der Waals surface area contributed by atoms with Crippen LogP contribution in [0.5, 0.6) is 5.75 Å². The van der Waals surface area contributed by atoms with Crippen molar-refractivity contribution >= 4 is 21.4 Å². The van der Waals surface area contributed by atoms with Crippen molar-refractivity contribution in [3.63, 3.8) is 0 Å². The fourth-order valence-corrected chi connectivity index (χ4v) is 3.13. The van der Waals surface area contributed by atoms with Crippen molar-refractivity contribution in [2.24, 2.45) is 0 Å². The van der Waals surface area contributed by atoms with Gasteiger partial charge in [0.1, 0.15) is 5.75 Å². The molecular weight excluding hydrogens is 276 g/mol. The highest BCUT2D eigenvalue weighted by molar-refractivity contribution is 7.92. The number of nitrogen functional groups attached to an aromatic ring is 1. The smallest absolute Gasteiger partial charge is 0.262 e. The molecule has 20 heavy (non-hydrogen) atoms. The first-order valence-electron chi connectivity index (χ1n) is 5.95. The van der Waals surface area contributed by atoms with E-state index in [-0.39, 0.29) is 4.90 Å². The van der Waals surface area contributed by atoms with Crippen molar-refractivity contribution < 1.29 is 13.2 Å². The highest BCUT2D eigenvalue weighted by Gasteiger charge is 2.16. The lowest BCUT2D eigenvalue weighted by atomic mass is 10.2. The topological polar surface area (TPSA) is 81.4 Å². The Morgan fingerprint density at radius 2 is 1.75 bits per heavy atom. The minimum absolute atomic E-state index is 0.211. The molecule has 0 heterocycles. The van der Waals surface area contributed by atoms with E-state index in [1.807, 2.05) is 0 Å². The number of benzene rings is 2. The van der Waals surface area contributed by atoms with Crippen LogP contribution in [0.3, 0.4) is 0 Å². The average Bonchev–Trinajstić information content (AvgIpc) is 2.38. The third-order valence-corrected chi connectivity index (χ3v) is 4.37. The number of anilines is 2. The molecule has 0 unspecified atom stereocenters. The molecule has 2 aromatic carbocycles. The molecule has 0 atom stereocenters. The molecule has 0 saturated heterocycles. The van der Waals surface area contributed by atoms with Crippen LogP contribution in [0.25, 0.3) is 0 Å². The van der Waals surface area contributed by atoms with Crippen LogP contribution in [0.1, 0.15) is 5.56 Å². The molecule has 106 valence electrons. The third-order valence-electron chi connectivity index (χ3n) is 2.83. The van der Waals surface area contributed by atoms with Crippen molar-refractivity contribution in [2.45, 2.75) is 11.8 Å². The highest BCUT2D eigenvalue weighted by Crippen LogP contribution is 2.22. The van der Waals surface area contributed by atoms with E-state index in [2.05, 4.69) is 4.72 Å². The summed E-state index contributed by atoms with van der Waals surface area (Å²) in [6, 6.07) is 11.3. The van der Waals surface area contributed by atoms with E-state index < -0.39 is 10.0 Å². The molecule has 0 amide bonds. The first kappa shape index (κ1) is 14.2. The molecular formula is C14H16N2O3S. The standard InChI is InChI=1S/C14H16N2O3S/c1-10-9-11(15)3-8-14(10)20(17,18)16-12-4-6-13(19-2)7-5-12/h3-9,16H,15H2,1-2H3. The minimum Gasteiger partial charge on any atom is -0.497 e. The third kappa shape index (κ3) is 3.03. The summed E-state index contributed by atoms with van der Waals surface area (Å²) in [6.07, 6.45) is 0. The SMILES string of the molecule is COc1ccc(NS(=O)(=O)c2ccc(N)cc2C)cc1. The maximum absolute atomic E-state index is 12.3. The molecule has 0 aliphatic rings. The Hall–Kier alpha value is -2.21. The Bertz CT molecular complexity index is 710. The van der Waals surface area contributed by atoms with Gasteiger partial charge in [0.25, 0.3) is 10.0 Å². The molecule has 0 bridgehead atoms. The zero-order chi connectivity index (χ0) is 14.8. The molecule has 2 aromatic rings. The summed E-state index contributed by atoms with van der Waals surface area (Å²) < 4.78 is 32.2. The molecule has 0 fully saturated rings. The van der Waals surface area contributed by atoms with Gasteiger partial charge >= 0.3 is 0 Å². The molecule has 0 saturated carbocycles. The average molecular weight is 292 g/mol. The Morgan fingerprint density at radius 1 is 1.10 bits per heavy atom. The van der Waals surface area contributed by atoms with Crippen LogP contribution in [0, 0.1) is 6.92 Å². The lowest BCUT2D eigenvalue weighted by molar-refractivity contribution is 0.415. The maximum Gasteiger partial charge on any atom is 0.262 e. The number of hydrogen-bond acceptors (Lipinski definition) is 4. The first-order valence-corrected chi connectivity index (χ1v) is 7.44. The number of hydrogen-bond donors (Lipinski definition) is 2. The number of nitrogens with one attached hydrogen (secondary N) is 1. The van der Waals surface area contributed by atoms with Gasteiger partial charge in [0.15, 0.2) is 0 Å². The molecule has 0 aliphatic heterocycles. The van der Waals surface area contributed by atoms with Gasteiger partial charge in [-0.25, -0.2) is 8.42 Å². The predicted molar refractivity (Wildman–Crippen MR) is 79.4 cm³/mol. The Labute approximate surface area is 118 Å². The zero-order valence-corrected chi connectivity index (χ0v) is 12.1. The normalized spacial score (nSPS) is 11.1. The second kappa shape index (κ2) is 5.42. The van der Waals surface area contributed by atoms with Gasteiger partial charge in [-0.15, -0.1) is 0 Å². The van der Waals surface area contributed by atoms with Gasteiger partial charge < -0.3 is 10.5 Å². The minimum atomic E-state index is -3.63. The predicted octanol–water partition coefficient (Wildman–Crippen LogP) is 2.39. The summed E-state index contributed by atoms with van der Waals surface area (Å²) in [6.45, 7) is 1.71. The number of nitrogens with two attached hydrogens (primary N) is 1. The molecule has 0 spiro atoms. The summed E-state index contributed by atoms with van der Waals surface area (Å²) in [4.78, 5) is 0.211. The lowest BCUT2D eigenvalue weighted by Crippen LogP contribution is -2.14. The van der Waals surface area contributed by atoms with Gasteiger partial charge in [-0.3, -0.25) is 4.72 Å². The lowest BCUT2D eigenvalue weighted by Gasteiger charge is -2.11. The van der Waals surface area contributed by atoms with Crippen LogP contribution < -0.4 is 15.2 Å². The summed E-state index contributed by atoms with van der Waals surface area (Å²) >= 11 is 0. The Morgan fingerprint density at radius 3 is 2.30 bits per heavy atom. The second-order valence-corrected chi connectivity index (χ2v) is 6.01. The van der Waals surface area contributed by atoms with Crippen LogP contribution >= 0.6 is 0 Å². The van der Waals surface area contributed by atoms with Crippen LogP contribution in [0.15, 0.2) is 47.4 Å². The van der Waals surface area contributed by atoms with E-state index in [4.69, 9.17) is 10.5 Å². The van der Waals surface area contributed by atoms with Crippen LogP contribution in [-0.2, 0) is 10.0 Å². The van der Waals surface area contributed by atoms with Gasteiger partial charge in [-0.1, -0.05) is 0 Å². The molecule has 2 rings (SSSR count). The monoisotopic (exact) mass is 292 g/mol. The maximum atomic E-state index is 12.3. The van der Waals surface area contributed by atoms with Gasteiger partial charge in [-0.2, -0.15) is 0 Å². The fraction of sp³-hybridized carbons (Fsp3) is 0.143. The van der Waals surface area contributed by atoms with Gasteiger partial charge in [-0.05, 0) is 55.0 Å². The van der Waals surface area contributed by atoms with E-state index in [0.29, 0.717) is 22.7 Å². The van der Waals surface area contributed by atoms with E-state index in [1.165, 1.54) is 6.07 Å². The Kier molecular flexibility index (Phi) is 3.85. The Balaban J connectivity index is 2.30. The van der Waals surface area contributed by atoms with E-state index in [0.717, 1.165) is 0 Å². The zero-order valence-electron chi connectivity index (χ0n) is 11.3. The van der Waals surface area contributed by atoms with Crippen LogP contribution in [0.2, 0.25) is 0 Å². The summed E-state index contributed by atoms with van der Waals surface area (Å²) in [5, 5.41) is 0. The van der Waals surface area contributed by atoms with Crippen molar-refractivity contribution in [3.8, 4) is 5.75 Å². The van der Waals surface area contributed by atoms with Gasteiger partial charge in [0.2, 0.25) is 0 Å². The van der Waals surface area contributed by atoms with Gasteiger partial charge in [0, 0.05) is 11.4 Å². The molecule has 5 nitrogen and oxygen atoms in total. The van der Waals surface area contributed by atoms with E-state index >= 15 is 0 Å². The van der Waals surface area contributed by atoms with Crippen molar-refractivity contribution in [1.29, 1.82) is 0 Å². The summed E-state index contributed by atoms with van der Waals surface area (Å²) in [7, 11) is -2.07. The number of aryl methyl sites for hydroxylation is 1. The van der Waals surface area contributed by atoms with Crippen LogP contribution in [0.4, 0.5) is 11.4 Å². The molecule has 6 heteroatoms. The van der Waals surface area contributed by atoms with E-state index in [9.17, 15) is 8.42 Å². The molecule has 0 radical (unpaired) electrons. The van der Waals surface area contributed by atoms with Crippen LogP contribution in [-0.4, -0.2) is 15.5 Å². The quantitative estimate of drug-likeness (QED) is 0.848. The molecule has 3 N–H and O–H groups in total. The number of ether oxygens (including phenoxy) is 1. The second-order valence-electron chi connectivity index (χ2n) is 4.36. The van der Waals surface area contributed by atoms with E-state index in [1.54, 1.807) is 50.4 Å². The summed E-state index contributed by atoms with van der Waals surface area (Å²) in [5.74, 6) is 0.664. The number of rotatable bonds is 4. The van der Waals surface area contributed by atoms with Crippen molar-refractivity contribution in [2.75, 3.05) is 17.6 Å². The van der Waals surface area contributed by atoms with Crippen molar-refractivity contribution in [1.82, 2.24) is 0 Å². The molecule has 0 aromatic heterocycles. The number of methoxy groups -OCH3 is 1. The molecule has 0 aliphatic carbocycles. The summed E-state index contributed by atoms with van der Waals surface area (Å²) in [5.41, 5.74) is 7.24. The first-order chi connectivity index (χ1) is 9.42. The largest absolute Gasteiger partial charge is 0.497 e.